The van der Waals surface area contributed by atoms with E-state index in [2.05, 4.69) is 22.7 Å². The maximum Gasteiger partial charge on any atom is 0.194 e. The van der Waals surface area contributed by atoms with Crippen molar-refractivity contribution in [1.29, 1.82) is 5.26 Å². The molecule has 1 rings (SSSR count). The third-order valence-electron chi connectivity index (χ3n) is 1.48. The van der Waals surface area contributed by atoms with E-state index in [0.717, 1.165) is 0 Å². The Labute approximate surface area is 97.3 Å². The van der Waals surface area contributed by atoms with Gasteiger partial charge < -0.3 is 5.73 Å². The van der Waals surface area contributed by atoms with Crippen molar-refractivity contribution in [3.05, 3.63) is 29.3 Å². The molecule has 1 aromatic carbocycles. The van der Waals surface area contributed by atoms with Crippen LogP contribution in [0.1, 0.15) is 0 Å². The standard InChI is InChI=1S/C9H7ClN4S/c10-6-1-3-7(4-2-6)13-14-8(5-11)9(12)15/h1-4,13H,(H2,12,15)/b14-8-. The summed E-state index contributed by atoms with van der Waals surface area (Å²) in [4.78, 5) is -0.0426. The van der Waals surface area contributed by atoms with Crippen LogP contribution in [-0.4, -0.2) is 10.7 Å². The molecular weight excluding hydrogens is 232 g/mol. The number of hydrogen-bond donors (Lipinski definition) is 2. The number of rotatable bonds is 3. The Morgan fingerprint density at radius 3 is 2.53 bits per heavy atom. The molecule has 0 atom stereocenters. The second kappa shape index (κ2) is 5.29. The molecule has 76 valence electrons. The zero-order valence-electron chi connectivity index (χ0n) is 7.57. The lowest BCUT2D eigenvalue weighted by atomic mass is 10.3. The molecule has 6 heteroatoms. The zero-order valence-corrected chi connectivity index (χ0v) is 9.14. The van der Waals surface area contributed by atoms with Gasteiger partial charge >= 0.3 is 0 Å². The van der Waals surface area contributed by atoms with Gasteiger partial charge in [0.15, 0.2) is 5.71 Å². The number of benzene rings is 1. The summed E-state index contributed by atoms with van der Waals surface area (Å²) in [5.74, 6) is 0. The molecule has 3 N–H and O–H groups in total. The molecule has 0 unspecified atom stereocenters. The third-order valence-corrected chi connectivity index (χ3v) is 1.93. The van der Waals surface area contributed by atoms with Crippen molar-refractivity contribution in [3.8, 4) is 6.07 Å². The van der Waals surface area contributed by atoms with Gasteiger partial charge in [0.05, 0.1) is 5.69 Å². The lowest BCUT2D eigenvalue weighted by Gasteiger charge is -2.00. The fraction of sp³-hybridized carbons (Fsp3) is 0. The summed E-state index contributed by atoms with van der Waals surface area (Å²) in [6, 6.07) is 8.62. The lowest BCUT2D eigenvalue weighted by molar-refractivity contribution is 1.34. The summed E-state index contributed by atoms with van der Waals surface area (Å²) in [7, 11) is 0. The van der Waals surface area contributed by atoms with Crippen molar-refractivity contribution in [1.82, 2.24) is 0 Å². The van der Waals surface area contributed by atoms with Gasteiger partial charge in [-0.1, -0.05) is 23.8 Å². The normalized spacial score (nSPS) is 10.5. The van der Waals surface area contributed by atoms with Crippen LogP contribution in [0.15, 0.2) is 29.4 Å². The maximum atomic E-state index is 8.61. The molecule has 0 aliphatic rings. The van der Waals surface area contributed by atoms with E-state index in [1.165, 1.54) is 0 Å². The van der Waals surface area contributed by atoms with Crippen LogP contribution < -0.4 is 11.2 Å². The fourth-order valence-electron chi connectivity index (χ4n) is 0.780. The van der Waals surface area contributed by atoms with E-state index in [1.807, 2.05) is 0 Å². The highest BCUT2D eigenvalue weighted by molar-refractivity contribution is 7.82. The van der Waals surface area contributed by atoms with Gasteiger partial charge in [-0.3, -0.25) is 5.43 Å². The Hall–Kier alpha value is -1.64. The molecule has 0 spiro atoms. The zero-order chi connectivity index (χ0) is 11.3. The van der Waals surface area contributed by atoms with E-state index < -0.39 is 0 Å². The van der Waals surface area contributed by atoms with Gasteiger partial charge in [0.1, 0.15) is 11.1 Å². The Bertz CT molecular complexity index is 432. The smallest absolute Gasteiger partial charge is 0.194 e. The predicted octanol–water partition coefficient (Wildman–Crippen LogP) is 1.92. The average molecular weight is 239 g/mol. The quantitative estimate of drug-likeness (QED) is 0.479. The summed E-state index contributed by atoms with van der Waals surface area (Å²) in [5.41, 5.74) is 8.58. The minimum absolute atomic E-state index is 0.0139. The Balaban J connectivity index is 2.76. The van der Waals surface area contributed by atoms with Crippen LogP contribution in [0.2, 0.25) is 5.02 Å². The molecule has 0 aromatic heterocycles. The molecule has 0 aliphatic carbocycles. The highest BCUT2D eigenvalue weighted by Crippen LogP contribution is 2.13. The lowest BCUT2D eigenvalue weighted by Crippen LogP contribution is -2.20. The van der Waals surface area contributed by atoms with Crippen molar-refractivity contribution < 1.29 is 0 Å². The van der Waals surface area contributed by atoms with E-state index in [-0.39, 0.29) is 10.7 Å². The van der Waals surface area contributed by atoms with Crippen LogP contribution in [0, 0.1) is 11.3 Å². The Morgan fingerprint density at radius 1 is 1.47 bits per heavy atom. The molecule has 0 saturated carbocycles. The Morgan fingerprint density at radius 2 is 2.07 bits per heavy atom. The van der Waals surface area contributed by atoms with Crippen LogP contribution >= 0.6 is 23.8 Å². The van der Waals surface area contributed by atoms with Crippen LogP contribution in [0.5, 0.6) is 0 Å². The second-order valence-corrected chi connectivity index (χ2v) is 3.43. The number of hydrogen-bond acceptors (Lipinski definition) is 4. The van der Waals surface area contributed by atoms with Crippen molar-refractivity contribution in [2.75, 3.05) is 5.43 Å². The number of nitrogens with one attached hydrogen (secondary N) is 1. The third kappa shape index (κ3) is 3.54. The number of nitrogens with zero attached hydrogens (tertiary/aromatic N) is 2. The fourth-order valence-corrected chi connectivity index (χ4v) is 0.997. The van der Waals surface area contributed by atoms with Gasteiger partial charge in [0, 0.05) is 5.02 Å². The predicted molar refractivity (Wildman–Crippen MR) is 64.9 cm³/mol. The molecule has 0 fully saturated rings. The topological polar surface area (TPSA) is 74.2 Å². The molecule has 0 aliphatic heterocycles. The van der Waals surface area contributed by atoms with E-state index in [0.29, 0.717) is 10.7 Å². The van der Waals surface area contributed by atoms with Crippen LogP contribution in [-0.2, 0) is 0 Å². The minimum atomic E-state index is -0.0426. The molecule has 0 radical (unpaired) electrons. The largest absolute Gasteiger partial charge is 0.387 e. The summed E-state index contributed by atoms with van der Waals surface area (Å²) in [5, 5.41) is 13.0. The first-order valence-electron chi connectivity index (χ1n) is 3.92. The molecule has 4 nitrogen and oxygen atoms in total. The number of nitriles is 1. The summed E-state index contributed by atoms with van der Waals surface area (Å²) >= 11 is 10.3. The van der Waals surface area contributed by atoms with Gasteiger partial charge in [0.2, 0.25) is 0 Å². The highest BCUT2D eigenvalue weighted by Gasteiger charge is 2.00. The number of anilines is 1. The number of halogens is 1. The first kappa shape index (κ1) is 11.4. The first-order valence-corrected chi connectivity index (χ1v) is 4.71. The minimum Gasteiger partial charge on any atom is -0.387 e. The SMILES string of the molecule is N#C/C(=N/Nc1ccc(Cl)cc1)C(N)=S. The van der Waals surface area contributed by atoms with Crippen LogP contribution in [0.3, 0.4) is 0 Å². The van der Waals surface area contributed by atoms with Gasteiger partial charge in [-0.2, -0.15) is 10.4 Å². The monoisotopic (exact) mass is 238 g/mol. The molecule has 0 heterocycles. The van der Waals surface area contributed by atoms with Crippen molar-refractivity contribution in [3.63, 3.8) is 0 Å². The van der Waals surface area contributed by atoms with Crippen molar-refractivity contribution in [2.24, 2.45) is 10.8 Å². The first-order chi connectivity index (χ1) is 7.13. The van der Waals surface area contributed by atoms with Crippen molar-refractivity contribution >= 4 is 40.2 Å². The Kier molecular flexibility index (Phi) is 4.03. The van der Waals surface area contributed by atoms with Crippen LogP contribution in [0.4, 0.5) is 5.69 Å². The van der Waals surface area contributed by atoms with Gasteiger partial charge in [-0.05, 0) is 24.3 Å². The molecule has 0 saturated heterocycles. The molecule has 0 amide bonds. The van der Waals surface area contributed by atoms with Gasteiger partial charge in [0.25, 0.3) is 0 Å². The number of hydrazone groups is 1. The molecule has 0 bridgehead atoms. The second-order valence-electron chi connectivity index (χ2n) is 2.56. The summed E-state index contributed by atoms with van der Waals surface area (Å²) < 4.78 is 0. The maximum absolute atomic E-state index is 8.61. The number of nitrogens with two attached hydrogens (primary N) is 1. The average Bonchev–Trinajstić information content (AvgIpc) is 2.21. The van der Waals surface area contributed by atoms with E-state index in [9.17, 15) is 0 Å². The number of thiocarbonyl (C=S) groups is 1. The van der Waals surface area contributed by atoms with E-state index in [1.54, 1.807) is 30.3 Å². The van der Waals surface area contributed by atoms with Gasteiger partial charge in [-0.15, -0.1) is 0 Å². The molecular formula is C9H7ClN4S. The summed E-state index contributed by atoms with van der Waals surface area (Å²) in [6.07, 6.45) is 0. The highest BCUT2D eigenvalue weighted by atomic mass is 35.5. The van der Waals surface area contributed by atoms with E-state index in [4.69, 9.17) is 22.6 Å². The summed E-state index contributed by atoms with van der Waals surface area (Å²) in [6.45, 7) is 0. The molecule has 15 heavy (non-hydrogen) atoms. The molecule has 1 aromatic rings. The van der Waals surface area contributed by atoms with Crippen LogP contribution in [0.25, 0.3) is 0 Å². The van der Waals surface area contributed by atoms with Gasteiger partial charge in [-0.25, -0.2) is 0 Å². The van der Waals surface area contributed by atoms with E-state index >= 15 is 0 Å². The van der Waals surface area contributed by atoms with Crippen molar-refractivity contribution in [2.45, 2.75) is 0 Å².